The smallest absolute Gasteiger partial charge is 0.338 e. The first kappa shape index (κ1) is 27.6. The van der Waals surface area contributed by atoms with Gasteiger partial charge in [0, 0.05) is 18.2 Å². The molecule has 41 heavy (non-hydrogen) atoms. The molecule has 1 aromatic carbocycles. The molecule has 14 heteroatoms. The number of anilines is 1. The number of H-pyrrole nitrogens is 1. The summed E-state index contributed by atoms with van der Waals surface area (Å²) in [6.45, 7) is 0.448. The standard InChI is InChI=1S/C27H25ClF4N6O3/c28-22-21-19(10-15(23(22)29)24(40)17-4-3-16-18(35-17)12-34-36-16)38(25(41)26(21)5-7-33-8-6-26)13-20(39)37-9-1-2-14(37)11-27(30,31)32/h3-4,10,12,14,33H,1-2,5-9,11,13H2,(H,34,36). The number of aromatic nitrogens is 3. The van der Waals surface area contributed by atoms with Gasteiger partial charge in [-0.2, -0.15) is 18.3 Å². The molecule has 0 aliphatic carbocycles. The third kappa shape index (κ3) is 4.64. The Morgan fingerprint density at radius 1 is 1.20 bits per heavy atom. The lowest BCUT2D eigenvalue weighted by Gasteiger charge is -2.33. The van der Waals surface area contributed by atoms with Crippen molar-refractivity contribution in [2.45, 2.75) is 49.7 Å². The molecule has 0 radical (unpaired) electrons. The van der Waals surface area contributed by atoms with E-state index in [0.717, 1.165) is 9.80 Å². The van der Waals surface area contributed by atoms with E-state index in [-0.39, 0.29) is 42.8 Å². The van der Waals surface area contributed by atoms with Gasteiger partial charge in [-0.25, -0.2) is 9.37 Å². The minimum atomic E-state index is -4.45. The quantitative estimate of drug-likeness (QED) is 0.344. The number of ketones is 1. The second-order valence-corrected chi connectivity index (χ2v) is 11.1. The molecule has 9 nitrogen and oxygen atoms in total. The first-order valence-corrected chi connectivity index (χ1v) is 13.6. The highest BCUT2D eigenvalue weighted by molar-refractivity contribution is 6.34. The molecule has 3 aromatic rings. The number of fused-ring (bicyclic) bond motifs is 3. The van der Waals surface area contributed by atoms with Gasteiger partial charge in [0.15, 0.2) is 5.82 Å². The van der Waals surface area contributed by atoms with E-state index < -0.39 is 64.6 Å². The Labute approximate surface area is 236 Å². The van der Waals surface area contributed by atoms with Crippen molar-refractivity contribution in [1.29, 1.82) is 0 Å². The van der Waals surface area contributed by atoms with Gasteiger partial charge < -0.3 is 15.1 Å². The second-order valence-electron chi connectivity index (χ2n) is 10.7. The SMILES string of the molecule is O=C(c1ccc2[nH]ncc2n1)c1cc2c(c(Cl)c1F)C1(CCNCC1)C(=O)N2CC(=O)N1CCCC1CC(F)(F)F. The van der Waals surface area contributed by atoms with Crippen LogP contribution in [0.15, 0.2) is 24.4 Å². The largest absolute Gasteiger partial charge is 0.391 e. The predicted molar refractivity (Wildman–Crippen MR) is 140 cm³/mol. The molecular weight excluding hydrogens is 568 g/mol. The summed E-state index contributed by atoms with van der Waals surface area (Å²) in [5, 5.41) is 9.34. The van der Waals surface area contributed by atoms with Gasteiger partial charge in [-0.1, -0.05) is 11.6 Å². The molecule has 1 spiro atoms. The van der Waals surface area contributed by atoms with Crippen LogP contribution in [-0.2, 0) is 15.0 Å². The summed E-state index contributed by atoms with van der Waals surface area (Å²) < 4.78 is 55.3. The van der Waals surface area contributed by atoms with Gasteiger partial charge in [-0.3, -0.25) is 19.5 Å². The number of nitrogens with one attached hydrogen (secondary N) is 2. The summed E-state index contributed by atoms with van der Waals surface area (Å²) in [7, 11) is 0. The average molecular weight is 593 g/mol. The van der Waals surface area contributed by atoms with Crippen molar-refractivity contribution in [3.63, 3.8) is 0 Å². The number of amides is 2. The van der Waals surface area contributed by atoms with Crippen LogP contribution >= 0.6 is 11.6 Å². The molecular formula is C27H25ClF4N6O3. The molecule has 0 bridgehead atoms. The highest BCUT2D eigenvalue weighted by Gasteiger charge is 2.54. The monoisotopic (exact) mass is 592 g/mol. The summed E-state index contributed by atoms with van der Waals surface area (Å²) in [5.41, 5.74) is -0.484. The maximum Gasteiger partial charge on any atom is 0.391 e. The summed E-state index contributed by atoms with van der Waals surface area (Å²) in [5.74, 6) is -2.93. The van der Waals surface area contributed by atoms with Crippen LogP contribution < -0.4 is 10.2 Å². The highest BCUT2D eigenvalue weighted by atomic mass is 35.5. The summed E-state index contributed by atoms with van der Waals surface area (Å²) >= 11 is 6.58. The zero-order valence-corrected chi connectivity index (χ0v) is 22.4. The van der Waals surface area contributed by atoms with Crippen molar-refractivity contribution in [2.75, 3.05) is 31.1 Å². The molecule has 5 heterocycles. The fraction of sp³-hybridized carbons (Fsp3) is 0.444. The molecule has 2 N–H and O–H groups in total. The lowest BCUT2D eigenvalue weighted by molar-refractivity contribution is -0.151. The number of alkyl halides is 3. The number of piperidine rings is 1. The van der Waals surface area contributed by atoms with E-state index in [4.69, 9.17) is 11.6 Å². The number of aromatic amines is 1. The van der Waals surface area contributed by atoms with E-state index in [1.54, 1.807) is 6.07 Å². The molecule has 2 fully saturated rings. The van der Waals surface area contributed by atoms with Crippen molar-refractivity contribution < 1.29 is 31.9 Å². The van der Waals surface area contributed by atoms with E-state index in [1.165, 1.54) is 18.3 Å². The highest BCUT2D eigenvalue weighted by Crippen LogP contribution is 2.51. The Hall–Kier alpha value is -3.58. The van der Waals surface area contributed by atoms with Crippen molar-refractivity contribution >= 4 is 45.9 Å². The number of carbonyl (C=O) groups is 3. The molecule has 216 valence electrons. The maximum absolute atomic E-state index is 15.8. The number of hydrogen-bond donors (Lipinski definition) is 2. The Kier molecular flexibility index (Phi) is 6.76. The van der Waals surface area contributed by atoms with Gasteiger partial charge >= 0.3 is 6.18 Å². The molecule has 3 aliphatic rings. The van der Waals surface area contributed by atoms with Gasteiger partial charge in [-0.05, 0) is 57.0 Å². The van der Waals surface area contributed by atoms with Gasteiger partial charge in [0.2, 0.25) is 17.6 Å². The van der Waals surface area contributed by atoms with Crippen LogP contribution in [0.5, 0.6) is 0 Å². The normalized spacial score (nSPS) is 20.3. The minimum Gasteiger partial charge on any atom is -0.338 e. The number of halogens is 5. The van der Waals surface area contributed by atoms with E-state index in [9.17, 15) is 27.6 Å². The van der Waals surface area contributed by atoms with Crippen molar-refractivity contribution in [3.05, 3.63) is 52.1 Å². The van der Waals surface area contributed by atoms with Crippen LogP contribution in [0.3, 0.4) is 0 Å². The molecule has 6 rings (SSSR count). The zero-order chi connectivity index (χ0) is 29.1. The lowest BCUT2D eigenvalue weighted by Crippen LogP contribution is -2.50. The molecule has 2 saturated heterocycles. The third-order valence-electron chi connectivity index (χ3n) is 8.30. The Balaban J connectivity index is 1.40. The Bertz CT molecular complexity index is 1570. The number of rotatable bonds is 5. The van der Waals surface area contributed by atoms with E-state index in [2.05, 4.69) is 20.5 Å². The van der Waals surface area contributed by atoms with Crippen molar-refractivity contribution in [1.82, 2.24) is 25.4 Å². The molecule has 1 atom stereocenters. The maximum atomic E-state index is 15.8. The van der Waals surface area contributed by atoms with E-state index in [0.29, 0.717) is 30.5 Å². The predicted octanol–water partition coefficient (Wildman–Crippen LogP) is 3.89. The second kappa shape index (κ2) is 10.1. The molecule has 2 amide bonds. The molecule has 3 aliphatic heterocycles. The van der Waals surface area contributed by atoms with Crippen LogP contribution in [0, 0.1) is 5.82 Å². The fourth-order valence-electron chi connectivity index (χ4n) is 6.36. The first-order chi connectivity index (χ1) is 19.5. The van der Waals surface area contributed by atoms with Crippen LogP contribution in [0.4, 0.5) is 23.2 Å². The van der Waals surface area contributed by atoms with Crippen LogP contribution in [0.2, 0.25) is 5.02 Å². The van der Waals surface area contributed by atoms with Crippen LogP contribution in [0.25, 0.3) is 11.0 Å². The number of likely N-dealkylation sites (tertiary alicyclic amines) is 1. The third-order valence-corrected chi connectivity index (χ3v) is 8.65. The van der Waals surface area contributed by atoms with Gasteiger partial charge in [0.05, 0.1) is 39.8 Å². The number of pyridine rings is 1. The zero-order valence-electron chi connectivity index (χ0n) is 21.7. The number of hydrogen-bond acceptors (Lipinski definition) is 6. The summed E-state index contributed by atoms with van der Waals surface area (Å²) in [6.07, 6.45) is -3.01. The number of nitrogens with zero attached hydrogens (tertiary/aromatic N) is 4. The lowest BCUT2D eigenvalue weighted by atomic mass is 9.73. The first-order valence-electron chi connectivity index (χ1n) is 13.3. The van der Waals surface area contributed by atoms with Gasteiger partial charge in [0.1, 0.15) is 17.8 Å². The number of carbonyl (C=O) groups excluding carboxylic acids is 3. The van der Waals surface area contributed by atoms with E-state index in [1.807, 2.05) is 0 Å². The number of benzene rings is 1. The topological polar surface area (TPSA) is 111 Å². The van der Waals surface area contributed by atoms with Crippen molar-refractivity contribution in [2.24, 2.45) is 0 Å². The molecule has 2 aromatic heterocycles. The van der Waals surface area contributed by atoms with Crippen LogP contribution in [0.1, 0.15) is 53.7 Å². The average Bonchev–Trinajstić information content (AvgIpc) is 3.64. The van der Waals surface area contributed by atoms with Gasteiger partial charge in [0.25, 0.3) is 0 Å². The van der Waals surface area contributed by atoms with Gasteiger partial charge in [-0.15, -0.1) is 0 Å². The van der Waals surface area contributed by atoms with Crippen LogP contribution in [-0.4, -0.2) is 76.1 Å². The Morgan fingerprint density at radius 3 is 2.68 bits per heavy atom. The summed E-state index contributed by atoms with van der Waals surface area (Å²) in [6, 6.07) is 3.16. The van der Waals surface area contributed by atoms with E-state index >= 15 is 4.39 Å². The summed E-state index contributed by atoms with van der Waals surface area (Å²) in [4.78, 5) is 47.4. The fourth-order valence-corrected chi connectivity index (χ4v) is 6.74. The minimum absolute atomic E-state index is 0.0793. The Morgan fingerprint density at radius 2 is 1.95 bits per heavy atom. The molecule has 0 saturated carbocycles. The van der Waals surface area contributed by atoms with Crippen molar-refractivity contribution in [3.8, 4) is 0 Å². The molecule has 1 unspecified atom stereocenters.